The van der Waals surface area contributed by atoms with Gasteiger partial charge in [0.05, 0.1) is 12.6 Å². The molecule has 1 aromatic heterocycles. The van der Waals surface area contributed by atoms with E-state index in [-0.39, 0.29) is 12.6 Å². The van der Waals surface area contributed by atoms with E-state index in [9.17, 15) is 4.79 Å². The minimum atomic E-state index is -0.229. The predicted octanol–water partition coefficient (Wildman–Crippen LogP) is 0.738. The van der Waals surface area contributed by atoms with Crippen LogP contribution < -0.4 is 10.6 Å². The number of urea groups is 1. The molecule has 2 rings (SSSR count). The number of amides is 2. The van der Waals surface area contributed by atoms with Gasteiger partial charge in [-0.15, -0.1) is 10.2 Å². The number of H-pyrrole nitrogens is 1. The van der Waals surface area contributed by atoms with Crippen molar-refractivity contribution in [2.75, 3.05) is 13.2 Å². The van der Waals surface area contributed by atoms with E-state index in [4.69, 9.17) is 4.74 Å². The van der Waals surface area contributed by atoms with Gasteiger partial charge >= 0.3 is 6.03 Å². The molecule has 0 bridgehead atoms. The third-order valence-corrected chi connectivity index (χ3v) is 3.31. The van der Waals surface area contributed by atoms with Crippen molar-refractivity contribution < 1.29 is 9.53 Å². The Labute approximate surface area is 118 Å². The normalized spacial score (nSPS) is 16.0. The van der Waals surface area contributed by atoms with Crippen LogP contribution in [0.1, 0.15) is 44.3 Å². The van der Waals surface area contributed by atoms with Crippen molar-refractivity contribution in [3.63, 3.8) is 0 Å². The zero-order valence-corrected chi connectivity index (χ0v) is 11.6. The standard InChI is InChI=1S/C12H22N6O2/c19-12(14-9-11-15-17-18-16-11)13-7-4-8-20-10-5-2-1-3-6-10/h10H,1-9H2,(H2,13,14,19)(H,15,16,17,18). The molecular weight excluding hydrogens is 260 g/mol. The Hall–Kier alpha value is -1.70. The van der Waals surface area contributed by atoms with E-state index < -0.39 is 0 Å². The van der Waals surface area contributed by atoms with E-state index in [0.29, 0.717) is 25.1 Å². The Morgan fingerprint density at radius 2 is 2.15 bits per heavy atom. The first-order valence-corrected chi connectivity index (χ1v) is 7.20. The summed E-state index contributed by atoms with van der Waals surface area (Å²) in [6.45, 7) is 1.57. The van der Waals surface area contributed by atoms with Crippen LogP contribution in [0.2, 0.25) is 0 Å². The largest absolute Gasteiger partial charge is 0.378 e. The number of aromatic amines is 1. The van der Waals surface area contributed by atoms with Gasteiger partial charge in [-0.25, -0.2) is 4.79 Å². The lowest BCUT2D eigenvalue weighted by Crippen LogP contribution is -2.36. The molecule has 112 valence electrons. The summed E-state index contributed by atoms with van der Waals surface area (Å²) in [4.78, 5) is 11.5. The number of hydrogen-bond donors (Lipinski definition) is 3. The number of carbonyl (C=O) groups is 1. The summed E-state index contributed by atoms with van der Waals surface area (Å²) in [5.41, 5.74) is 0. The molecule has 3 N–H and O–H groups in total. The van der Waals surface area contributed by atoms with Gasteiger partial charge in [0.15, 0.2) is 5.82 Å². The molecule has 0 radical (unpaired) electrons. The number of ether oxygens (including phenoxy) is 1. The van der Waals surface area contributed by atoms with Gasteiger partial charge in [0.2, 0.25) is 0 Å². The van der Waals surface area contributed by atoms with Crippen LogP contribution in [0.25, 0.3) is 0 Å². The van der Waals surface area contributed by atoms with E-state index in [1.54, 1.807) is 0 Å². The number of rotatable bonds is 7. The fourth-order valence-corrected chi connectivity index (χ4v) is 2.24. The van der Waals surface area contributed by atoms with Crippen molar-refractivity contribution >= 4 is 6.03 Å². The maximum atomic E-state index is 11.5. The summed E-state index contributed by atoms with van der Waals surface area (Å²) in [5, 5.41) is 18.6. The molecule has 1 aliphatic carbocycles. The summed E-state index contributed by atoms with van der Waals surface area (Å²) in [6, 6.07) is -0.229. The molecular formula is C12H22N6O2. The summed E-state index contributed by atoms with van der Waals surface area (Å²) in [5.74, 6) is 0.459. The van der Waals surface area contributed by atoms with Crippen LogP contribution in [0.4, 0.5) is 4.79 Å². The fraction of sp³-hybridized carbons (Fsp3) is 0.833. The van der Waals surface area contributed by atoms with Crippen LogP contribution >= 0.6 is 0 Å². The second kappa shape index (κ2) is 8.47. The second-order valence-corrected chi connectivity index (χ2v) is 4.92. The van der Waals surface area contributed by atoms with Crippen LogP contribution in [0.3, 0.4) is 0 Å². The number of carbonyl (C=O) groups excluding carboxylic acids is 1. The Morgan fingerprint density at radius 3 is 2.90 bits per heavy atom. The van der Waals surface area contributed by atoms with Crippen molar-refractivity contribution in [1.82, 2.24) is 31.3 Å². The second-order valence-electron chi connectivity index (χ2n) is 4.92. The maximum Gasteiger partial charge on any atom is 0.315 e. The smallest absolute Gasteiger partial charge is 0.315 e. The number of tetrazole rings is 1. The molecule has 0 atom stereocenters. The van der Waals surface area contributed by atoms with Gasteiger partial charge in [-0.2, -0.15) is 5.21 Å². The highest BCUT2D eigenvalue weighted by Crippen LogP contribution is 2.20. The third-order valence-electron chi connectivity index (χ3n) is 3.31. The van der Waals surface area contributed by atoms with E-state index in [1.807, 2.05) is 0 Å². The van der Waals surface area contributed by atoms with Gasteiger partial charge in [0, 0.05) is 13.2 Å². The van der Waals surface area contributed by atoms with Crippen LogP contribution in [0, 0.1) is 0 Å². The van der Waals surface area contributed by atoms with Gasteiger partial charge in [-0.05, 0) is 19.3 Å². The lowest BCUT2D eigenvalue weighted by molar-refractivity contribution is 0.0275. The van der Waals surface area contributed by atoms with Gasteiger partial charge < -0.3 is 15.4 Å². The minimum Gasteiger partial charge on any atom is -0.378 e. The molecule has 0 aliphatic heterocycles. The van der Waals surface area contributed by atoms with Crippen LogP contribution in [-0.2, 0) is 11.3 Å². The Balaban J connectivity index is 1.45. The van der Waals surface area contributed by atoms with Gasteiger partial charge in [-0.3, -0.25) is 0 Å². The van der Waals surface area contributed by atoms with Gasteiger partial charge in [-0.1, -0.05) is 24.5 Å². The maximum absolute atomic E-state index is 11.5. The molecule has 2 amide bonds. The number of aromatic nitrogens is 4. The zero-order valence-electron chi connectivity index (χ0n) is 11.6. The summed E-state index contributed by atoms with van der Waals surface area (Å²) >= 11 is 0. The lowest BCUT2D eigenvalue weighted by atomic mass is 9.98. The Morgan fingerprint density at radius 1 is 1.30 bits per heavy atom. The highest BCUT2D eigenvalue weighted by atomic mass is 16.5. The van der Waals surface area contributed by atoms with Crippen LogP contribution in [0.5, 0.6) is 0 Å². The number of hydrogen-bond acceptors (Lipinski definition) is 5. The first-order valence-electron chi connectivity index (χ1n) is 7.20. The summed E-state index contributed by atoms with van der Waals surface area (Å²) in [7, 11) is 0. The lowest BCUT2D eigenvalue weighted by Gasteiger charge is -2.21. The number of nitrogens with zero attached hydrogens (tertiary/aromatic N) is 3. The Bertz CT molecular complexity index is 377. The molecule has 0 saturated heterocycles. The number of nitrogens with one attached hydrogen (secondary N) is 3. The molecule has 1 saturated carbocycles. The highest BCUT2D eigenvalue weighted by molar-refractivity contribution is 5.73. The average molecular weight is 282 g/mol. The summed E-state index contributed by atoms with van der Waals surface area (Å²) < 4.78 is 5.78. The van der Waals surface area contributed by atoms with Crippen LogP contribution in [-0.4, -0.2) is 45.9 Å². The first-order chi connectivity index (χ1) is 9.84. The molecule has 0 spiro atoms. The highest BCUT2D eigenvalue weighted by Gasteiger charge is 2.13. The van der Waals surface area contributed by atoms with E-state index >= 15 is 0 Å². The average Bonchev–Trinajstić information content (AvgIpc) is 2.99. The van der Waals surface area contributed by atoms with E-state index in [2.05, 4.69) is 31.3 Å². The zero-order chi connectivity index (χ0) is 14.0. The molecule has 0 unspecified atom stereocenters. The topological polar surface area (TPSA) is 105 Å². The summed E-state index contributed by atoms with van der Waals surface area (Å²) in [6.07, 6.45) is 7.50. The van der Waals surface area contributed by atoms with Crippen LogP contribution in [0.15, 0.2) is 0 Å². The first kappa shape index (κ1) is 14.7. The fourth-order valence-electron chi connectivity index (χ4n) is 2.24. The van der Waals surface area contributed by atoms with Crippen molar-refractivity contribution in [1.29, 1.82) is 0 Å². The quantitative estimate of drug-likeness (QED) is 0.640. The molecule has 0 aromatic carbocycles. The molecule has 20 heavy (non-hydrogen) atoms. The monoisotopic (exact) mass is 282 g/mol. The molecule has 1 aromatic rings. The molecule has 8 nitrogen and oxygen atoms in total. The van der Waals surface area contributed by atoms with Crippen molar-refractivity contribution in [3.8, 4) is 0 Å². The van der Waals surface area contributed by atoms with Gasteiger partial charge in [0.1, 0.15) is 0 Å². The minimum absolute atomic E-state index is 0.229. The van der Waals surface area contributed by atoms with E-state index in [0.717, 1.165) is 6.42 Å². The molecule has 1 aliphatic rings. The third kappa shape index (κ3) is 5.52. The van der Waals surface area contributed by atoms with E-state index in [1.165, 1.54) is 32.1 Å². The van der Waals surface area contributed by atoms with Crippen molar-refractivity contribution in [2.24, 2.45) is 0 Å². The molecule has 1 fully saturated rings. The molecule has 8 heteroatoms. The Kier molecular flexibility index (Phi) is 6.22. The predicted molar refractivity (Wildman–Crippen MR) is 71.9 cm³/mol. The van der Waals surface area contributed by atoms with Crippen molar-refractivity contribution in [3.05, 3.63) is 5.82 Å². The van der Waals surface area contributed by atoms with Crippen molar-refractivity contribution in [2.45, 2.75) is 51.2 Å². The molecule has 1 heterocycles. The van der Waals surface area contributed by atoms with Gasteiger partial charge in [0.25, 0.3) is 0 Å². The SMILES string of the molecule is O=C(NCCCOC1CCCCC1)NCc1nn[nH]n1.